The highest BCUT2D eigenvalue weighted by molar-refractivity contribution is 7.80. The van der Waals surface area contributed by atoms with Crippen molar-refractivity contribution < 1.29 is 14.6 Å². The van der Waals surface area contributed by atoms with Gasteiger partial charge in [0.2, 0.25) is 0 Å². The van der Waals surface area contributed by atoms with E-state index < -0.39 is 5.97 Å². The second-order valence-electron chi connectivity index (χ2n) is 2.51. The molecule has 0 saturated heterocycles. The molecular formula is C8H8ClNO3S. The summed E-state index contributed by atoms with van der Waals surface area (Å²) in [6.45, 7) is 0. The molecule has 0 radical (unpaired) electrons. The Morgan fingerprint density at radius 1 is 1.71 bits per heavy atom. The SMILES string of the molecule is COc1c(C(=O)O)cc(Cl)c(N)c1S. The van der Waals surface area contributed by atoms with Crippen LogP contribution in [0, 0.1) is 0 Å². The predicted molar refractivity (Wildman–Crippen MR) is 56.6 cm³/mol. The van der Waals surface area contributed by atoms with E-state index in [1.54, 1.807) is 0 Å². The molecule has 0 aromatic heterocycles. The number of carboxylic acids is 1. The molecule has 6 heteroatoms. The van der Waals surface area contributed by atoms with Crippen LogP contribution in [0.3, 0.4) is 0 Å². The largest absolute Gasteiger partial charge is 0.495 e. The molecular weight excluding hydrogens is 226 g/mol. The number of thiol groups is 1. The van der Waals surface area contributed by atoms with Crippen molar-refractivity contribution in [2.75, 3.05) is 12.8 Å². The summed E-state index contributed by atoms with van der Waals surface area (Å²) in [6.07, 6.45) is 0. The minimum absolute atomic E-state index is 0.0586. The molecule has 0 aliphatic carbocycles. The van der Waals surface area contributed by atoms with Gasteiger partial charge in [-0.1, -0.05) is 11.6 Å². The minimum atomic E-state index is -1.14. The Bertz CT molecular complexity index is 395. The first-order valence-electron chi connectivity index (χ1n) is 3.57. The molecule has 0 saturated carbocycles. The number of rotatable bonds is 2. The van der Waals surface area contributed by atoms with Gasteiger partial charge in [0.15, 0.2) is 0 Å². The third-order valence-electron chi connectivity index (χ3n) is 1.68. The van der Waals surface area contributed by atoms with Crippen molar-refractivity contribution in [3.63, 3.8) is 0 Å². The number of halogens is 1. The summed E-state index contributed by atoms with van der Waals surface area (Å²) in [5, 5.41) is 8.97. The van der Waals surface area contributed by atoms with Crippen molar-refractivity contribution in [3.05, 3.63) is 16.7 Å². The van der Waals surface area contributed by atoms with Crippen LogP contribution in [0.25, 0.3) is 0 Å². The Kier molecular flexibility index (Phi) is 3.13. The van der Waals surface area contributed by atoms with Crippen LogP contribution in [0.1, 0.15) is 10.4 Å². The van der Waals surface area contributed by atoms with Crippen LogP contribution in [0.4, 0.5) is 5.69 Å². The fraction of sp³-hybridized carbons (Fsp3) is 0.125. The zero-order chi connectivity index (χ0) is 10.9. The van der Waals surface area contributed by atoms with E-state index in [-0.39, 0.29) is 26.9 Å². The lowest BCUT2D eigenvalue weighted by Gasteiger charge is -2.11. The van der Waals surface area contributed by atoms with E-state index in [4.69, 9.17) is 27.2 Å². The molecule has 0 aliphatic rings. The van der Waals surface area contributed by atoms with Crippen molar-refractivity contribution in [1.82, 2.24) is 0 Å². The smallest absolute Gasteiger partial charge is 0.339 e. The highest BCUT2D eigenvalue weighted by Gasteiger charge is 2.18. The maximum Gasteiger partial charge on any atom is 0.339 e. The standard InChI is InChI=1S/C8H8ClNO3S/c1-13-6-3(8(11)12)2-4(9)5(10)7(6)14/h2,14H,10H2,1H3,(H,11,12). The summed E-state index contributed by atoms with van der Waals surface area (Å²) in [4.78, 5) is 11.0. The van der Waals surface area contributed by atoms with Crippen LogP contribution in [-0.4, -0.2) is 18.2 Å². The summed E-state index contributed by atoms with van der Waals surface area (Å²) in [7, 11) is 1.34. The molecule has 4 nitrogen and oxygen atoms in total. The first-order chi connectivity index (χ1) is 6.49. The second-order valence-corrected chi connectivity index (χ2v) is 3.36. The Morgan fingerprint density at radius 3 is 2.71 bits per heavy atom. The molecule has 1 aromatic rings. The normalized spacial score (nSPS) is 9.93. The zero-order valence-corrected chi connectivity index (χ0v) is 8.89. The molecule has 76 valence electrons. The third-order valence-corrected chi connectivity index (χ3v) is 2.43. The number of nitrogens with two attached hydrogens (primary N) is 1. The Morgan fingerprint density at radius 2 is 2.29 bits per heavy atom. The second kappa shape index (κ2) is 3.98. The van der Waals surface area contributed by atoms with Crippen LogP contribution >= 0.6 is 24.2 Å². The van der Waals surface area contributed by atoms with Gasteiger partial charge in [-0.25, -0.2) is 4.79 Å². The molecule has 3 N–H and O–H groups in total. The van der Waals surface area contributed by atoms with Gasteiger partial charge in [0.1, 0.15) is 11.3 Å². The number of carbonyl (C=O) groups is 1. The van der Waals surface area contributed by atoms with Crippen molar-refractivity contribution in [3.8, 4) is 5.75 Å². The number of aromatic carboxylic acids is 1. The highest BCUT2D eigenvalue weighted by atomic mass is 35.5. The number of methoxy groups -OCH3 is 1. The van der Waals surface area contributed by atoms with Gasteiger partial charge in [-0.3, -0.25) is 0 Å². The summed E-state index contributed by atoms with van der Waals surface area (Å²) in [6, 6.07) is 1.23. The lowest BCUT2D eigenvalue weighted by molar-refractivity contribution is 0.0693. The number of ether oxygens (including phenoxy) is 1. The predicted octanol–water partition coefficient (Wildman–Crippen LogP) is 1.92. The van der Waals surface area contributed by atoms with E-state index in [1.807, 2.05) is 0 Å². The third kappa shape index (κ3) is 1.73. The van der Waals surface area contributed by atoms with Gasteiger partial charge in [-0.05, 0) is 6.07 Å². The monoisotopic (exact) mass is 233 g/mol. The van der Waals surface area contributed by atoms with Gasteiger partial charge in [-0.2, -0.15) is 0 Å². The number of hydrogen-bond donors (Lipinski definition) is 3. The van der Waals surface area contributed by atoms with Crippen LogP contribution in [0.5, 0.6) is 5.75 Å². The van der Waals surface area contributed by atoms with Gasteiger partial charge < -0.3 is 15.6 Å². The molecule has 1 rings (SSSR count). The molecule has 0 bridgehead atoms. The van der Waals surface area contributed by atoms with Gasteiger partial charge in [0, 0.05) is 0 Å². The van der Waals surface area contributed by atoms with Crippen molar-refractivity contribution >= 4 is 35.9 Å². The first-order valence-corrected chi connectivity index (χ1v) is 4.39. The maximum atomic E-state index is 10.8. The quantitative estimate of drug-likeness (QED) is 0.539. The van der Waals surface area contributed by atoms with Crippen molar-refractivity contribution in [1.29, 1.82) is 0 Å². The number of anilines is 1. The number of nitrogen functional groups attached to an aromatic ring is 1. The minimum Gasteiger partial charge on any atom is -0.495 e. The molecule has 0 atom stereocenters. The lowest BCUT2D eigenvalue weighted by Crippen LogP contribution is -2.03. The Hall–Kier alpha value is -1.07. The van der Waals surface area contributed by atoms with Crippen molar-refractivity contribution in [2.24, 2.45) is 0 Å². The van der Waals surface area contributed by atoms with E-state index in [0.29, 0.717) is 0 Å². The summed E-state index contributed by atoms with van der Waals surface area (Å²) < 4.78 is 4.88. The highest BCUT2D eigenvalue weighted by Crippen LogP contribution is 2.37. The van der Waals surface area contributed by atoms with Gasteiger partial charge >= 0.3 is 5.97 Å². The molecule has 0 fully saturated rings. The molecule has 0 heterocycles. The summed E-state index contributed by atoms with van der Waals surface area (Å²) >= 11 is 9.73. The summed E-state index contributed by atoms with van der Waals surface area (Å²) in [5.41, 5.74) is 5.69. The lowest BCUT2D eigenvalue weighted by atomic mass is 10.2. The fourth-order valence-corrected chi connectivity index (χ4v) is 1.60. The average molecular weight is 234 g/mol. The number of hydrogen-bond acceptors (Lipinski definition) is 4. The first kappa shape index (κ1) is 11.0. The topological polar surface area (TPSA) is 72.5 Å². The van der Waals surface area contributed by atoms with E-state index in [0.717, 1.165) is 0 Å². The Labute approximate surface area is 91.0 Å². The molecule has 14 heavy (non-hydrogen) atoms. The summed E-state index contributed by atoms with van der Waals surface area (Å²) in [5.74, 6) is -1.03. The maximum absolute atomic E-state index is 10.8. The van der Waals surface area contributed by atoms with E-state index in [1.165, 1.54) is 13.2 Å². The number of benzene rings is 1. The van der Waals surface area contributed by atoms with Gasteiger partial charge in [0.25, 0.3) is 0 Å². The van der Waals surface area contributed by atoms with Crippen LogP contribution < -0.4 is 10.5 Å². The van der Waals surface area contributed by atoms with E-state index >= 15 is 0 Å². The van der Waals surface area contributed by atoms with Gasteiger partial charge in [0.05, 0.1) is 22.7 Å². The van der Waals surface area contributed by atoms with E-state index in [9.17, 15) is 4.79 Å². The Balaban J connectivity index is 3.51. The van der Waals surface area contributed by atoms with Crippen LogP contribution in [0.15, 0.2) is 11.0 Å². The molecule has 1 aromatic carbocycles. The molecule has 0 spiro atoms. The van der Waals surface area contributed by atoms with Gasteiger partial charge in [-0.15, -0.1) is 12.6 Å². The zero-order valence-electron chi connectivity index (χ0n) is 7.24. The fourth-order valence-electron chi connectivity index (χ4n) is 0.998. The molecule has 0 aliphatic heterocycles. The average Bonchev–Trinajstić information content (AvgIpc) is 2.13. The number of carboxylic acid groups (broad SMARTS) is 1. The van der Waals surface area contributed by atoms with Crippen LogP contribution in [0.2, 0.25) is 5.02 Å². The van der Waals surface area contributed by atoms with Crippen LogP contribution in [-0.2, 0) is 0 Å². The molecule has 0 amide bonds. The molecule has 0 unspecified atom stereocenters. The van der Waals surface area contributed by atoms with E-state index in [2.05, 4.69) is 12.6 Å². The van der Waals surface area contributed by atoms with Crippen molar-refractivity contribution in [2.45, 2.75) is 4.90 Å².